The number of amides is 1. The molecule has 0 spiro atoms. The van der Waals surface area contributed by atoms with Crippen molar-refractivity contribution in [1.29, 1.82) is 0 Å². The maximum absolute atomic E-state index is 11.8. The molecule has 0 bridgehead atoms. The van der Waals surface area contributed by atoms with Gasteiger partial charge in [-0.3, -0.25) is 9.69 Å². The second-order valence-corrected chi connectivity index (χ2v) is 4.81. The normalized spacial score (nSPS) is 19.4. The molecular weight excluding hydrogens is 244 g/mol. The highest BCUT2D eigenvalue weighted by Gasteiger charge is 2.21. The number of nitrogens with one attached hydrogen (secondary N) is 1. The van der Waals surface area contributed by atoms with Crippen LogP contribution in [0.1, 0.15) is 12.0 Å². The van der Waals surface area contributed by atoms with Crippen molar-refractivity contribution < 1.29 is 14.6 Å². The number of carbonyl (C=O) groups excluding carboxylic acids is 1. The van der Waals surface area contributed by atoms with Crippen molar-refractivity contribution in [3.8, 4) is 5.75 Å². The van der Waals surface area contributed by atoms with Crippen molar-refractivity contribution in [3.63, 3.8) is 0 Å². The Hall–Kier alpha value is -1.59. The SMILES string of the molecule is COc1cccc(CNC(=O)CN2CCC(O)C2)c1. The van der Waals surface area contributed by atoms with Crippen LogP contribution in [0.2, 0.25) is 0 Å². The zero-order valence-electron chi connectivity index (χ0n) is 11.1. The minimum absolute atomic E-state index is 0.0167. The van der Waals surface area contributed by atoms with Crippen LogP contribution in [0.25, 0.3) is 0 Å². The fourth-order valence-electron chi connectivity index (χ4n) is 2.20. The lowest BCUT2D eigenvalue weighted by Gasteiger charge is -2.14. The van der Waals surface area contributed by atoms with Crippen LogP contribution < -0.4 is 10.1 Å². The van der Waals surface area contributed by atoms with E-state index in [4.69, 9.17) is 4.74 Å². The highest BCUT2D eigenvalue weighted by Crippen LogP contribution is 2.12. The topological polar surface area (TPSA) is 61.8 Å². The summed E-state index contributed by atoms with van der Waals surface area (Å²) in [6, 6.07) is 7.62. The predicted octanol–water partition coefficient (Wildman–Crippen LogP) is 0.378. The third kappa shape index (κ3) is 4.22. The molecule has 0 aliphatic carbocycles. The molecule has 2 rings (SSSR count). The Labute approximate surface area is 113 Å². The van der Waals surface area contributed by atoms with E-state index in [1.165, 1.54) is 0 Å². The van der Waals surface area contributed by atoms with E-state index in [0.29, 0.717) is 19.6 Å². The van der Waals surface area contributed by atoms with E-state index in [9.17, 15) is 9.90 Å². The Morgan fingerprint density at radius 1 is 1.58 bits per heavy atom. The van der Waals surface area contributed by atoms with E-state index in [1.54, 1.807) is 7.11 Å². The number of ether oxygens (including phenoxy) is 1. The summed E-state index contributed by atoms with van der Waals surface area (Å²) in [6.07, 6.45) is 0.467. The number of hydrogen-bond acceptors (Lipinski definition) is 4. The molecule has 1 aromatic rings. The number of β-amino-alcohol motifs (C(OH)–C–C–N with tert-alkyl or cyclic N) is 1. The fourth-order valence-corrected chi connectivity index (χ4v) is 2.20. The van der Waals surface area contributed by atoms with E-state index in [2.05, 4.69) is 5.32 Å². The lowest BCUT2D eigenvalue weighted by atomic mass is 10.2. The van der Waals surface area contributed by atoms with Gasteiger partial charge in [0.1, 0.15) is 5.75 Å². The number of hydrogen-bond donors (Lipinski definition) is 2. The van der Waals surface area contributed by atoms with Gasteiger partial charge in [0, 0.05) is 19.6 Å². The lowest BCUT2D eigenvalue weighted by Crippen LogP contribution is -2.36. The van der Waals surface area contributed by atoms with Gasteiger partial charge in [-0.15, -0.1) is 0 Å². The first-order valence-corrected chi connectivity index (χ1v) is 6.47. The van der Waals surface area contributed by atoms with Crippen molar-refractivity contribution in [1.82, 2.24) is 10.2 Å². The molecule has 0 aromatic heterocycles. The molecule has 1 saturated heterocycles. The average molecular weight is 264 g/mol. The van der Waals surface area contributed by atoms with Crippen LogP contribution in [0.4, 0.5) is 0 Å². The molecule has 1 heterocycles. The Morgan fingerprint density at radius 3 is 3.11 bits per heavy atom. The number of carbonyl (C=O) groups is 1. The first-order chi connectivity index (χ1) is 9.17. The van der Waals surface area contributed by atoms with Crippen LogP contribution in [-0.4, -0.2) is 48.8 Å². The van der Waals surface area contributed by atoms with Gasteiger partial charge < -0.3 is 15.2 Å². The van der Waals surface area contributed by atoms with Crippen molar-refractivity contribution in [2.75, 3.05) is 26.7 Å². The maximum atomic E-state index is 11.8. The average Bonchev–Trinajstić information content (AvgIpc) is 2.82. The van der Waals surface area contributed by atoms with Gasteiger partial charge in [-0.2, -0.15) is 0 Å². The third-order valence-electron chi connectivity index (χ3n) is 3.24. The molecular formula is C14H20N2O3. The van der Waals surface area contributed by atoms with Gasteiger partial charge in [0.15, 0.2) is 0 Å². The predicted molar refractivity (Wildman–Crippen MR) is 71.9 cm³/mol. The van der Waals surface area contributed by atoms with Crippen LogP contribution in [0.15, 0.2) is 24.3 Å². The molecule has 104 valence electrons. The van der Waals surface area contributed by atoms with Gasteiger partial charge in [-0.05, 0) is 24.1 Å². The standard InChI is InChI=1S/C14H20N2O3/c1-19-13-4-2-3-11(7-13)8-15-14(18)10-16-6-5-12(17)9-16/h2-4,7,12,17H,5-6,8-10H2,1H3,(H,15,18). The van der Waals surface area contributed by atoms with Crippen LogP contribution in [0.5, 0.6) is 5.75 Å². The molecule has 19 heavy (non-hydrogen) atoms. The number of benzene rings is 1. The monoisotopic (exact) mass is 264 g/mol. The Morgan fingerprint density at radius 2 is 2.42 bits per heavy atom. The van der Waals surface area contributed by atoms with Crippen LogP contribution in [-0.2, 0) is 11.3 Å². The summed E-state index contributed by atoms with van der Waals surface area (Å²) in [7, 11) is 1.62. The summed E-state index contributed by atoms with van der Waals surface area (Å²) in [6.45, 7) is 2.22. The van der Waals surface area contributed by atoms with E-state index < -0.39 is 0 Å². The number of rotatable bonds is 5. The van der Waals surface area contributed by atoms with Gasteiger partial charge in [-0.25, -0.2) is 0 Å². The quantitative estimate of drug-likeness (QED) is 0.807. The molecule has 2 N–H and O–H groups in total. The molecule has 5 nitrogen and oxygen atoms in total. The summed E-state index contributed by atoms with van der Waals surface area (Å²) in [5.41, 5.74) is 1.01. The largest absolute Gasteiger partial charge is 0.497 e. The second-order valence-electron chi connectivity index (χ2n) is 4.81. The molecule has 1 unspecified atom stereocenters. The van der Waals surface area contributed by atoms with Crippen LogP contribution in [0, 0.1) is 0 Å². The van der Waals surface area contributed by atoms with Crippen LogP contribution >= 0.6 is 0 Å². The molecule has 1 atom stereocenters. The first kappa shape index (κ1) is 13.8. The Kier molecular flexibility index (Phi) is 4.76. The van der Waals surface area contributed by atoms with Gasteiger partial charge in [-0.1, -0.05) is 12.1 Å². The lowest BCUT2D eigenvalue weighted by molar-refractivity contribution is -0.122. The summed E-state index contributed by atoms with van der Waals surface area (Å²) >= 11 is 0. The molecule has 1 aliphatic rings. The van der Waals surface area contributed by atoms with Crippen molar-refractivity contribution in [3.05, 3.63) is 29.8 Å². The van der Waals surface area contributed by atoms with E-state index >= 15 is 0 Å². The van der Waals surface area contributed by atoms with Crippen molar-refractivity contribution in [2.45, 2.75) is 19.1 Å². The number of methoxy groups -OCH3 is 1. The molecule has 1 fully saturated rings. The number of nitrogens with zero attached hydrogens (tertiary/aromatic N) is 1. The summed E-state index contributed by atoms with van der Waals surface area (Å²) in [4.78, 5) is 13.7. The van der Waals surface area contributed by atoms with E-state index in [1.807, 2.05) is 29.2 Å². The smallest absolute Gasteiger partial charge is 0.234 e. The number of likely N-dealkylation sites (tertiary alicyclic amines) is 1. The van der Waals surface area contributed by atoms with E-state index in [0.717, 1.165) is 24.3 Å². The molecule has 1 amide bonds. The summed E-state index contributed by atoms with van der Waals surface area (Å²) in [5.74, 6) is 0.770. The molecule has 0 saturated carbocycles. The summed E-state index contributed by atoms with van der Waals surface area (Å²) in [5, 5.41) is 12.3. The van der Waals surface area contributed by atoms with Gasteiger partial charge in [0.05, 0.1) is 19.8 Å². The molecule has 5 heteroatoms. The van der Waals surface area contributed by atoms with Crippen LogP contribution in [0.3, 0.4) is 0 Å². The fraction of sp³-hybridized carbons (Fsp3) is 0.500. The Balaban J connectivity index is 1.76. The van der Waals surface area contributed by atoms with Gasteiger partial charge in [0.25, 0.3) is 0 Å². The third-order valence-corrected chi connectivity index (χ3v) is 3.24. The second kappa shape index (κ2) is 6.54. The minimum atomic E-state index is -0.286. The zero-order chi connectivity index (χ0) is 13.7. The summed E-state index contributed by atoms with van der Waals surface area (Å²) < 4.78 is 5.13. The molecule has 0 radical (unpaired) electrons. The van der Waals surface area contributed by atoms with Gasteiger partial charge in [0.2, 0.25) is 5.91 Å². The minimum Gasteiger partial charge on any atom is -0.497 e. The number of aliphatic hydroxyl groups is 1. The molecule has 1 aromatic carbocycles. The van der Waals surface area contributed by atoms with Crippen molar-refractivity contribution >= 4 is 5.91 Å². The highest BCUT2D eigenvalue weighted by molar-refractivity contribution is 5.78. The van der Waals surface area contributed by atoms with Crippen molar-refractivity contribution in [2.24, 2.45) is 0 Å². The van der Waals surface area contributed by atoms with E-state index in [-0.39, 0.29) is 12.0 Å². The first-order valence-electron chi connectivity index (χ1n) is 6.47. The zero-order valence-corrected chi connectivity index (χ0v) is 11.1. The number of aliphatic hydroxyl groups excluding tert-OH is 1. The molecule has 1 aliphatic heterocycles. The van der Waals surface area contributed by atoms with Gasteiger partial charge >= 0.3 is 0 Å². The highest BCUT2D eigenvalue weighted by atomic mass is 16.5. The maximum Gasteiger partial charge on any atom is 0.234 e. The Bertz CT molecular complexity index is 436.